The molecule has 0 radical (unpaired) electrons. The van der Waals surface area contributed by atoms with Gasteiger partial charge in [-0.3, -0.25) is 4.79 Å². The average molecular weight is 208 g/mol. The fraction of sp³-hybridized carbons (Fsp3) is 0.417. The standard InChI is InChI=1S/C6H12O3.C6H4/c1-2-3-6(8)9-5-4-7;1-2-6-4-3-5(1)6/h7H,2-5H2,1H3;1-4H. The number of carbonyl (C=O) groups is 1. The number of hydrogen-bond acceptors (Lipinski definition) is 3. The van der Waals surface area contributed by atoms with Gasteiger partial charge in [-0.1, -0.05) is 31.2 Å². The second-order valence-corrected chi connectivity index (χ2v) is 3.27. The smallest absolute Gasteiger partial charge is 0.305 e. The summed E-state index contributed by atoms with van der Waals surface area (Å²) in [7, 11) is 0. The first kappa shape index (κ1) is 11.7. The summed E-state index contributed by atoms with van der Waals surface area (Å²) >= 11 is 0. The molecule has 0 bridgehead atoms. The Balaban J connectivity index is 0.000000158. The van der Waals surface area contributed by atoms with Gasteiger partial charge < -0.3 is 9.84 Å². The fourth-order valence-corrected chi connectivity index (χ4v) is 1.10. The summed E-state index contributed by atoms with van der Waals surface area (Å²) in [5, 5.41) is 8.21. The van der Waals surface area contributed by atoms with Crippen LogP contribution in [0.1, 0.15) is 19.8 Å². The minimum atomic E-state index is -0.230. The largest absolute Gasteiger partial charge is 0.463 e. The topological polar surface area (TPSA) is 46.5 Å². The molecule has 0 saturated heterocycles. The number of aliphatic hydroxyl groups is 1. The van der Waals surface area contributed by atoms with Crippen LogP contribution in [0.25, 0.3) is 11.1 Å². The summed E-state index contributed by atoms with van der Waals surface area (Å²) in [6.07, 6.45) is 1.24. The molecule has 0 aromatic heterocycles. The minimum absolute atomic E-state index is 0.0878. The van der Waals surface area contributed by atoms with E-state index in [-0.39, 0.29) is 19.2 Å². The van der Waals surface area contributed by atoms with E-state index in [2.05, 4.69) is 29.0 Å². The van der Waals surface area contributed by atoms with Gasteiger partial charge >= 0.3 is 5.97 Å². The van der Waals surface area contributed by atoms with Crippen LogP contribution in [0.4, 0.5) is 0 Å². The van der Waals surface area contributed by atoms with Crippen molar-refractivity contribution in [2.75, 3.05) is 13.2 Å². The summed E-state index contributed by atoms with van der Waals surface area (Å²) in [4.78, 5) is 10.5. The number of aliphatic hydroxyl groups excluding tert-OH is 1. The Kier molecular flexibility index (Phi) is 4.84. The van der Waals surface area contributed by atoms with Gasteiger partial charge in [0, 0.05) is 6.42 Å². The summed E-state index contributed by atoms with van der Waals surface area (Å²) in [6, 6.07) is 8.48. The number of rotatable bonds is 4. The lowest BCUT2D eigenvalue weighted by atomic mass is 9.95. The monoisotopic (exact) mass is 208 g/mol. The molecule has 15 heavy (non-hydrogen) atoms. The van der Waals surface area contributed by atoms with Crippen LogP contribution < -0.4 is 0 Å². The molecule has 0 unspecified atom stereocenters. The van der Waals surface area contributed by atoms with E-state index in [0.29, 0.717) is 6.42 Å². The number of benzene rings is 1. The third kappa shape index (κ3) is 3.72. The molecule has 0 heterocycles. The molecule has 0 spiro atoms. The third-order valence-electron chi connectivity index (χ3n) is 2.03. The van der Waals surface area contributed by atoms with Gasteiger partial charge in [0.1, 0.15) is 6.61 Å². The second-order valence-electron chi connectivity index (χ2n) is 3.27. The van der Waals surface area contributed by atoms with Crippen LogP contribution >= 0.6 is 0 Å². The van der Waals surface area contributed by atoms with Crippen molar-refractivity contribution in [3.05, 3.63) is 24.3 Å². The zero-order chi connectivity index (χ0) is 11.1. The molecule has 3 heteroatoms. The quantitative estimate of drug-likeness (QED) is 0.781. The van der Waals surface area contributed by atoms with E-state index in [9.17, 15) is 4.79 Å². The highest BCUT2D eigenvalue weighted by Gasteiger charge is 2.03. The number of carbonyl (C=O) groups excluding carboxylic acids is 1. The normalized spacial score (nSPS) is 10.0. The van der Waals surface area contributed by atoms with Gasteiger partial charge in [0.05, 0.1) is 6.61 Å². The molecule has 0 amide bonds. The highest BCUT2D eigenvalue weighted by molar-refractivity contribution is 5.75. The van der Waals surface area contributed by atoms with Crippen molar-refractivity contribution in [1.82, 2.24) is 0 Å². The van der Waals surface area contributed by atoms with Crippen LogP contribution in [0.15, 0.2) is 24.3 Å². The first-order valence-electron chi connectivity index (χ1n) is 5.15. The highest BCUT2D eigenvalue weighted by Crippen LogP contribution is 2.29. The van der Waals surface area contributed by atoms with Crippen molar-refractivity contribution in [2.45, 2.75) is 19.8 Å². The second kappa shape index (κ2) is 6.19. The Labute approximate surface area is 89.7 Å². The van der Waals surface area contributed by atoms with Crippen molar-refractivity contribution in [1.29, 1.82) is 0 Å². The molecule has 2 rings (SSSR count). The van der Waals surface area contributed by atoms with Gasteiger partial charge in [-0.25, -0.2) is 0 Å². The van der Waals surface area contributed by atoms with E-state index in [1.54, 1.807) is 0 Å². The zero-order valence-corrected chi connectivity index (χ0v) is 8.90. The third-order valence-corrected chi connectivity index (χ3v) is 2.03. The highest BCUT2D eigenvalue weighted by atomic mass is 16.5. The van der Waals surface area contributed by atoms with Crippen LogP contribution in [0.2, 0.25) is 0 Å². The molecular weight excluding hydrogens is 192 g/mol. The Morgan fingerprint density at radius 3 is 2.07 bits per heavy atom. The molecule has 0 saturated carbocycles. The lowest BCUT2D eigenvalue weighted by molar-refractivity contribution is -0.144. The number of esters is 1. The van der Waals surface area contributed by atoms with Crippen molar-refractivity contribution in [2.24, 2.45) is 0 Å². The maximum atomic E-state index is 10.5. The average Bonchev–Trinajstić information content (AvgIpc) is 2.22. The minimum Gasteiger partial charge on any atom is -0.463 e. The predicted octanol–water partition coefficient (Wildman–Crippen LogP) is 1.99. The van der Waals surface area contributed by atoms with Crippen molar-refractivity contribution in [3.8, 4) is 11.1 Å². The van der Waals surface area contributed by atoms with Gasteiger partial charge in [-0.2, -0.15) is 0 Å². The van der Waals surface area contributed by atoms with Crippen LogP contribution in [-0.4, -0.2) is 24.3 Å². The summed E-state index contributed by atoms with van der Waals surface area (Å²) in [5.74, 6) is -0.230. The van der Waals surface area contributed by atoms with Gasteiger partial charge in [-0.15, -0.1) is 0 Å². The molecule has 0 aromatic rings. The van der Waals surface area contributed by atoms with Gasteiger partial charge in [-0.05, 0) is 17.5 Å². The molecule has 0 atom stereocenters. The van der Waals surface area contributed by atoms with Crippen molar-refractivity contribution in [3.63, 3.8) is 0 Å². The molecule has 0 fully saturated rings. The Hall–Kier alpha value is -1.35. The molecule has 2 aliphatic carbocycles. The Bertz CT molecular complexity index is 282. The van der Waals surface area contributed by atoms with Crippen LogP contribution in [-0.2, 0) is 9.53 Å². The maximum absolute atomic E-state index is 10.5. The zero-order valence-electron chi connectivity index (χ0n) is 8.90. The molecule has 0 aliphatic heterocycles. The molecular formula is C12H16O3. The summed E-state index contributed by atoms with van der Waals surface area (Å²) < 4.78 is 4.54. The first-order valence-corrected chi connectivity index (χ1v) is 5.15. The first-order chi connectivity index (χ1) is 7.27. The summed E-state index contributed by atoms with van der Waals surface area (Å²) in [6.45, 7) is 1.94. The number of fused-ring (bicyclic) bond motifs is 1. The van der Waals surface area contributed by atoms with Crippen LogP contribution in [0.3, 0.4) is 0 Å². The predicted molar refractivity (Wildman–Crippen MR) is 58.4 cm³/mol. The van der Waals surface area contributed by atoms with Gasteiger partial charge in [0.25, 0.3) is 0 Å². The molecule has 82 valence electrons. The van der Waals surface area contributed by atoms with Gasteiger partial charge in [0.15, 0.2) is 0 Å². The lowest BCUT2D eigenvalue weighted by Gasteiger charge is -2.10. The maximum Gasteiger partial charge on any atom is 0.305 e. The molecule has 2 aliphatic rings. The Morgan fingerprint density at radius 2 is 1.80 bits per heavy atom. The van der Waals surface area contributed by atoms with E-state index < -0.39 is 0 Å². The fourth-order valence-electron chi connectivity index (χ4n) is 1.10. The molecule has 1 N–H and O–H groups in total. The molecule has 0 aromatic carbocycles. The van der Waals surface area contributed by atoms with Crippen molar-refractivity contribution >= 4 is 5.97 Å². The van der Waals surface area contributed by atoms with E-state index in [1.165, 1.54) is 11.1 Å². The van der Waals surface area contributed by atoms with Crippen LogP contribution in [0.5, 0.6) is 0 Å². The van der Waals surface area contributed by atoms with Gasteiger partial charge in [0.2, 0.25) is 0 Å². The van der Waals surface area contributed by atoms with Crippen molar-refractivity contribution < 1.29 is 14.6 Å². The number of hydrogen-bond donors (Lipinski definition) is 1. The van der Waals surface area contributed by atoms with E-state index >= 15 is 0 Å². The Morgan fingerprint density at radius 1 is 1.27 bits per heavy atom. The summed E-state index contributed by atoms with van der Waals surface area (Å²) in [5.41, 5.74) is 2.85. The number of ether oxygens (including phenoxy) is 1. The van der Waals surface area contributed by atoms with E-state index in [0.717, 1.165) is 6.42 Å². The lowest BCUT2D eigenvalue weighted by Crippen LogP contribution is -2.07. The van der Waals surface area contributed by atoms with Crippen LogP contribution in [0, 0.1) is 0 Å². The SMILES string of the molecule is CCCC(=O)OCCO.c1cc2ccc1-2. The molecule has 3 nitrogen and oxygen atoms in total. The van der Waals surface area contributed by atoms with E-state index in [4.69, 9.17) is 5.11 Å². The van der Waals surface area contributed by atoms with E-state index in [1.807, 2.05) is 6.92 Å².